The van der Waals surface area contributed by atoms with E-state index in [4.69, 9.17) is 4.74 Å². The number of nitrogens with one attached hydrogen (secondary N) is 2. The summed E-state index contributed by atoms with van der Waals surface area (Å²) in [6.45, 7) is 3.55. The van der Waals surface area contributed by atoms with Gasteiger partial charge in [0.1, 0.15) is 5.75 Å². The average molecular weight is 365 g/mol. The number of carboxylic acid groups (broad SMARTS) is 1. The van der Waals surface area contributed by atoms with Crippen LogP contribution in [0.2, 0.25) is 0 Å². The second kappa shape index (κ2) is 7.95. The number of aromatic amines is 1. The molecule has 0 aliphatic carbocycles. The maximum absolute atomic E-state index is 12.2. The van der Waals surface area contributed by atoms with Crippen molar-refractivity contribution >= 4 is 22.8 Å². The van der Waals surface area contributed by atoms with Gasteiger partial charge in [-0.3, -0.25) is 4.79 Å². The van der Waals surface area contributed by atoms with Crippen molar-refractivity contribution in [2.45, 2.75) is 26.3 Å². The van der Waals surface area contributed by atoms with Gasteiger partial charge in [-0.25, -0.2) is 0 Å². The fourth-order valence-corrected chi connectivity index (χ4v) is 2.96. The quantitative estimate of drug-likeness (QED) is 0.665. The SMILES string of the molecule is Cc1ccc(C)c(OCC(=O)N[C@H](Cc2c[nH]c3ccccc23)C(=O)[O-])c1. The Morgan fingerprint density at radius 2 is 1.96 bits per heavy atom. The average Bonchev–Trinajstić information content (AvgIpc) is 3.05. The molecule has 0 saturated carbocycles. The highest BCUT2D eigenvalue weighted by molar-refractivity contribution is 5.86. The molecule has 140 valence electrons. The van der Waals surface area contributed by atoms with E-state index in [1.807, 2.05) is 56.3 Å². The van der Waals surface area contributed by atoms with E-state index in [9.17, 15) is 14.7 Å². The van der Waals surface area contributed by atoms with Crippen molar-refractivity contribution in [2.24, 2.45) is 0 Å². The Morgan fingerprint density at radius 3 is 2.74 bits per heavy atom. The highest BCUT2D eigenvalue weighted by atomic mass is 16.5. The van der Waals surface area contributed by atoms with E-state index in [0.717, 1.165) is 27.6 Å². The Labute approximate surface area is 157 Å². The number of hydrogen-bond donors (Lipinski definition) is 2. The van der Waals surface area contributed by atoms with Crippen LogP contribution in [-0.2, 0) is 16.0 Å². The highest BCUT2D eigenvalue weighted by Gasteiger charge is 2.17. The third-order valence-electron chi connectivity index (χ3n) is 4.42. The van der Waals surface area contributed by atoms with Crippen LogP contribution < -0.4 is 15.2 Å². The first kappa shape index (κ1) is 18.5. The molecule has 0 fully saturated rings. The Morgan fingerprint density at radius 1 is 1.19 bits per heavy atom. The molecule has 0 aliphatic heterocycles. The molecule has 0 spiro atoms. The predicted molar refractivity (Wildman–Crippen MR) is 100 cm³/mol. The molecule has 6 nitrogen and oxygen atoms in total. The number of fused-ring (bicyclic) bond motifs is 1. The molecule has 1 atom stereocenters. The van der Waals surface area contributed by atoms with Crippen LogP contribution in [0, 0.1) is 13.8 Å². The first-order chi connectivity index (χ1) is 12.9. The van der Waals surface area contributed by atoms with Crippen LogP contribution in [0.4, 0.5) is 0 Å². The van der Waals surface area contributed by atoms with E-state index in [1.165, 1.54) is 0 Å². The largest absolute Gasteiger partial charge is 0.548 e. The molecular formula is C21H21N2O4-. The van der Waals surface area contributed by atoms with E-state index in [1.54, 1.807) is 6.20 Å². The lowest BCUT2D eigenvalue weighted by atomic mass is 10.1. The van der Waals surface area contributed by atoms with Crippen molar-refractivity contribution in [1.82, 2.24) is 10.3 Å². The molecule has 0 unspecified atom stereocenters. The van der Waals surface area contributed by atoms with E-state index in [0.29, 0.717) is 5.75 Å². The summed E-state index contributed by atoms with van der Waals surface area (Å²) in [6.07, 6.45) is 1.88. The van der Waals surface area contributed by atoms with E-state index in [2.05, 4.69) is 10.3 Å². The molecule has 0 aliphatic rings. The molecule has 6 heteroatoms. The van der Waals surface area contributed by atoms with Crippen LogP contribution >= 0.6 is 0 Å². The first-order valence-electron chi connectivity index (χ1n) is 8.69. The van der Waals surface area contributed by atoms with Gasteiger partial charge in [0.2, 0.25) is 0 Å². The van der Waals surface area contributed by atoms with Crippen LogP contribution in [0.15, 0.2) is 48.7 Å². The number of amides is 1. The predicted octanol–water partition coefficient (Wildman–Crippen LogP) is 1.64. The number of aliphatic carboxylic acids is 1. The number of aryl methyl sites for hydroxylation is 2. The van der Waals surface area contributed by atoms with E-state index >= 15 is 0 Å². The van der Waals surface area contributed by atoms with Crippen LogP contribution in [-0.4, -0.2) is 29.5 Å². The number of benzene rings is 2. The van der Waals surface area contributed by atoms with Crippen molar-refractivity contribution in [3.8, 4) is 5.75 Å². The number of hydrogen-bond acceptors (Lipinski definition) is 4. The third-order valence-corrected chi connectivity index (χ3v) is 4.42. The minimum atomic E-state index is -1.33. The Kier molecular flexibility index (Phi) is 5.45. The van der Waals surface area contributed by atoms with E-state index < -0.39 is 17.9 Å². The normalized spacial score (nSPS) is 11.9. The molecule has 3 aromatic rings. The molecule has 1 amide bonds. The number of H-pyrrole nitrogens is 1. The van der Waals surface area contributed by atoms with Gasteiger partial charge in [-0.1, -0.05) is 30.3 Å². The van der Waals surface area contributed by atoms with Crippen molar-refractivity contribution < 1.29 is 19.4 Å². The van der Waals surface area contributed by atoms with Crippen molar-refractivity contribution in [3.63, 3.8) is 0 Å². The van der Waals surface area contributed by atoms with Gasteiger partial charge in [0.05, 0.1) is 12.0 Å². The molecule has 2 aromatic carbocycles. The van der Waals surface area contributed by atoms with Gasteiger partial charge >= 0.3 is 0 Å². The molecule has 0 bridgehead atoms. The maximum atomic E-state index is 12.2. The molecule has 0 radical (unpaired) electrons. The third kappa shape index (κ3) is 4.47. The lowest BCUT2D eigenvalue weighted by molar-refractivity contribution is -0.308. The number of carboxylic acids is 1. The molecule has 2 N–H and O–H groups in total. The van der Waals surface area contributed by atoms with Gasteiger partial charge < -0.3 is 24.9 Å². The first-order valence-corrected chi connectivity index (χ1v) is 8.69. The number of carbonyl (C=O) groups is 2. The number of para-hydroxylation sites is 1. The van der Waals surface area contributed by atoms with Crippen molar-refractivity contribution in [3.05, 3.63) is 65.4 Å². The minimum Gasteiger partial charge on any atom is -0.548 e. The highest BCUT2D eigenvalue weighted by Crippen LogP contribution is 2.20. The van der Waals surface area contributed by atoms with Gasteiger partial charge in [-0.2, -0.15) is 0 Å². The second-order valence-electron chi connectivity index (χ2n) is 6.56. The smallest absolute Gasteiger partial charge is 0.258 e. The second-order valence-corrected chi connectivity index (χ2v) is 6.56. The zero-order valence-electron chi connectivity index (χ0n) is 15.2. The number of carbonyl (C=O) groups excluding carboxylic acids is 2. The lowest BCUT2D eigenvalue weighted by Crippen LogP contribution is -2.50. The van der Waals surface area contributed by atoms with Gasteiger partial charge in [0.15, 0.2) is 6.61 Å². The summed E-state index contributed by atoms with van der Waals surface area (Å²) in [7, 11) is 0. The van der Waals surface area contributed by atoms with Crippen LogP contribution in [0.5, 0.6) is 5.75 Å². The van der Waals surface area contributed by atoms with Gasteiger partial charge in [0.25, 0.3) is 5.91 Å². The van der Waals surface area contributed by atoms with Gasteiger partial charge in [-0.05, 0) is 42.7 Å². The molecule has 3 rings (SSSR count). The van der Waals surface area contributed by atoms with Crippen LogP contribution in [0.25, 0.3) is 10.9 Å². The van der Waals surface area contributed by atoms with Crippen LogP contribution in [0.1, 0.15) is 16.7 Å². The standard InChI is InChI=1S/C21H22N2O4/c1-13-7-8-14(2)19(9-13)27-12-20(24)23-18(21(25)26)10-15-11-22-17-6-4-3-5-16(15)17/h3-9,11,18,22H,10,12H2,1-2H3,(H,23,24)(H,25,26)/p-1/t18-/m1/s1. The molecule has 1 aromatic heterocycles. The molecule has 27 heavy (non-hydrogen) atoms. The summed E-state index contributed by atoms with van der Waals surface area (Å²) >= 11 is 0. The summed E-state index contributed by atoms with van der Waals surface area (Å²) in [5, 5.41) is 14.9. The van der Waals surface area contributed by atoms with Gasteiger partial charge in [0, 0.05) is 23.5 Å². The van der Waals surface area contributed by atoms with Crippen molar-refractivity contribution in [2.75, 3.05) is 6.61 Å². The Bertz CT molecular complexity index is 977. The lowest BCUT2D eigenvalue weighted by Gasteiger charge is -2.20. The Balaban J connectivity index is 1.64. The van der Waals surface area contributed by atoms with Gasteiger partial charge in [-0.15, -0.1) is 0 Å². The maximum Gasteiger partial charge on any atom is 0.258 e. The van der Waals surface area contributed by atoms with Crippen molar-refractivity contribution in [1.29, 1.82) is 0 Å². The molecular weight excluding hydrogens is 344 g/mol. The summed E-state index contributed by atoms with van der Waals surface area (Å²) < 4.78 is 5.53. The van der Waals surface area contributed by atoms with Crippen LogP contribution in [0.3, 0.4) is 0 Å². The summed E-state index contributed by atoms with van der Waals surface area (Å²) in [5.74, 6) is -1.24. The Hall–Kier alpha value is -3.28. The zero-order chi connectivity index (χ0) is 19.4. The zero-order valence-corrected chi connectivity index (χ0v) is 15.2. The minimum absolute atomic E-state index is 0.127. The summed E-state index contributed by atoms with van der Waals surface area (Å²) in [6, 6.07) is 12.1. The monoisotopic (exact) mass is 365 g/mol. The number of aromatic nitrogens is 1. The summed E-state index contributed by atoms with van der Waals surface area (Å²) in [4.78, 5) is 26.8. The number of ether oxygens (including phenoxy) is 1. The molecule has 0 saturated heterocycles. The topological polar surface area (TPSA) is 94.2 Å². The molecule has 1 heterocycles. The summed E-state index contributed by atoms with van der Waals surface area (Å²) in [5.41, 5.74) is 3.64. The number of rotatable bonds is 7. The fraction of sp³-hybridized carbons (Fsp3) is 0.238. The fourth-order valence-electron chi connectivity index (χ4n) is 2.96. The van der Waals surface area contributed by atoms with E-state index in [-0.39, 0.29) is 13.0 Å².